The predicted octanol–water partition coefficient (Wildman–Crippen LogP) is 0.601. The Morgan fingerprint density at radius 3 is 2.52 bits per heavy atom. The molecule has 2 unspecified atom stereocenters. The van der Waals surface area contributed by atoms with Crippen LogP contribution in [0.1, 0.15) is 17.5 Å². The van der Waals surface area contributed by atoms with Gasteiger partial charge in [-0.1, -0.05) is 24.3 Å². The average molecular weight is 290 g/mol. The van der Waals surface area contributed by atoms with Crippen LogP contribution < -0.4 is 11.1 Å². The van der Waals surface area contributed by atoms with Gasteiger partial charge in [-0.15, -0.1) is 0 Å². The monoisotopic (exact) mass is 290 g/mol. The summed E-state index contributed by atoms with van der Waals surface area (Å²) >= 11 is 0. The molecule has 0 radical (unpaired) electrons. The second-order valence-electron chi connectivity index (χ2n) is 5.94. The van der Waals surface area contributed by atoms with Crippen LogP contribution in [-0.2, 0) is 17.9 Å². The van der Waals surface area contributed by atoms with Crippen molar-refractivity contribution < 1.29 is 4.79 Å². The Morgan fingerprint density at radius 2 is 1.95 bits per heavy atom. The van der Waals surface area contributed by atoms with Gasteiger partial charge in [0.05, 0.1) is 12.1 Å². The van der Waals surface area contributed by atoms with E-state index in [4.69, 9.17) is 5.73 Å². The third kappa shape index (κ3) is 3.81. The van der Waals surface area contributed by atoms with Crippen LogP contribution in [0, 0.1) is 5.92 Å². The van der Waals surface area contributed by atoms with Crippen molar-refractivity contribution in [3.63, 3.8) is 0 Å². The number of nitrogens with two attached hydrogens (primary N) is 1. The Kier molecular flexibility index (Phi) is 5.33. The summed E-state index contributed by atoms with van der Waals surface area (Å²) in [7, 11) is 5.52. The molecule has 116 valence electrons. The minimum atomic E-state index is -0.183. The zero-order valence-electron chi connectivity index (χ0n) is 13.2. The van der Waals surface area contributed by atoms with Crippen LogP contribution in [0.2, 0.25) is 0 Å². The molecule has 1 amide bonds. The van der Waals surface area contributed by atoms with E-state index in [1.807, 2.05) is 7.05 Å². The highest BCUT2D eigenvalue weighted by Crippen LogP contribution is 2.24. The van der Waals surface area contributed by atoms with E-state index in [0.717, 1.165) is 26.1 Å². The van der Waals surface area contributed by atoms with Gasteiger partial charge in [0.15, 0.2) is 0 Å². The van der Waals surface area contributed by atoms with Crippen LogP contribution >= 0.6 is 0 Å². The Hall–Kier alpha value is -1.43. The molecular weight excluding hydrogens is 264 g/mol. The largest absolute Gasteiger partial charge is 0.348 e. The van der Waals surface area contributed by atoms with Gasteiger partial charge in [0, 0.05) is 33.7 Å². The maximum absolute atomic E-state index is 12.1. The number of carbonyl (C=O) groups is 1. The van der Waals surface area contributed by atoms with Gasteiger partial charge in [0.1, 0.15) is 0 Å². The highest BCUT2D eigenvalue weighted by molar-refractivity contribution is 5.79. The number of hydrogen-bond donors (Lipinski definition) is 2. The molecule has 21 heavy (non-hydrogen) atoms. The number of carbonyl (C=O) groups excluding carboxylic acids is 1. The lowest BCUT2D eigenvalue weighted by Crippen LogP contribution is -2.45. The SMILES string of the molecule is CNCc1ccc(CN2CCC(C(=O)N(C)C)C2N)cc1. The van der Waals surface area contributed by atoms with E-state index < -0.39 is 0 Å². The molecule has 0 aromatic heterocycles. The summed E-state index contributed by atoms with van der Waals surface area (Å²) in [5.74, 6) is 0.0536. The van der Waals surface area contributed by atoms with Gasteiger partial charge in [0.2, 0.25) is 5.91 Å². The smallest absolute Gasteiger partial charge is 0.228 e. The number of benzene rings is 1. The second-order valence-corrected chi connectivity index (χ2v) is 5.94. The van der Waals surface area contributed by atoms with Crippen molar-refractivity contribution in [3.8, 4) is 0 Å². The fraction of sp³-hybridized carbons (Fsp3) is 0.562. The Morgan fingerprint density at radius 1 is 1.33 bits per heavy atom. The molecule has 1 saturated heterocycles. The van der Waals surface area contributed by atoms with Crippen molar-refractivity contribution in [3.05, 3.63) is 35.4 Å². The molecule has 0 saturated carbocycles. The van der Waals surface area contributed by atoms with E-state index in [2.05, 4.69) is 34.5 Å². The molecule has 5 heteroatoms. The normalized spacial score (nSPS) is 22.5. The number of nitrogens with zero attached hydrogens (tertiary/aromatic N) is 2. The molecule has 1 aliphatic heterocycles. The fourth-order valence-corrected chi connectivity index (χ4v) is 2.87. The van der Waals surface area contributed by atoms with Gasteiger partial charge in [-0.25, -0.2) is 0 Å². The lowest BCUT2D eigenvalue weighted by Gasteiger charge is -2.25. The third-order valence-electron chi connectivity index (χ3n) is 4.11. The minimum absolute atomic E-state index is 0.0800. The minimum Gasteiger partial charge on any atom is -0.348 e. The molecule has 5 nitrogen and oxygen atoms in total. The maximum Gasteiger partial charge on any atom is 0.228 e. The van der Waals surface area contributed by atoms with Crippen molar-refractivity contribution >= 4 is 5.91 Å². The summed E-state index contributed by atoms with van der Waals surface area (Å²) in [4.78, 5) is 15.9. The lowest BCUT2D eigenvalue weighted by atomic mass is 10.1. The van der Waals surface area contributed by atoms with E-state index in [1.165, 1.54) is 11.1 Å². The molecule has 0 spiro atoms. The zero-order chi connectivity index (χ0) is 15.4. The molecule has 0 aliphatic carbocycles. The highest BCUT2D eigenvalue weighted by Gasteiger charge is 2.36. The molecule has 1 heterocycles. The van der Waals surface area contributed by atoms with Crippen LogP contribution in [0.3, 0.4) is 0 Å². The summed E-state index contributed by atoms with van der Waals surface area (Å²) < 4.78 is 0. The Balaban J connectivity index is 1.96. The molecule has 0 bridgehead atoms. The first-order chi connectivity index (χ1) is 10.0. The van der Waals surface area contributed by atoms with Gasteiger partial charge < -0.3 is 16.0 Å². The zero-order valence-corrected chi connectivity index (χ0v) is 13.2. The number of hydrogen-bond acceptors (Lipinski definition) is 4. The van der Waals surface area contributed by atoms with Crippen LogP contribution in [0.25, 0.3) is 0 Å². The van der Waals surface area contributed by atoms with Gasteiger partial charge in [-0.3, -0.25) is 9.69 Å². The molecule has 1 fully saturated rings. The first-order valence-electron chi connectivity index (χ1n) is 7.46. The number of amides is 1. The average Bonchev–Trinajstić information content (AvgIpc) is 2.82. The summed E-state index contributed by atoms with van der Waals surface area (Å²) in [5, 5.41) is 3.14. The second kappa shape index (κ2) is 7.02. The molecule has 1 aromatic rings. The van der Waals surface area contributed by atoms with Crippen LogP contribution in [0.15, 0.2) is 24.3 Å². The lowest BCUT2D eigenvalue weighted by molar-refractivity contribution is -0.133. The van der Waals surface area contributed by atoms with E-state index >= 15 is 0 Å². The van der Waals surface area contributed by atoms with Crippen LogP contribution in [0.4, 0.5) is 0 Å². The van der Waals surface area contributed by atoms with Crippen molar-refractivity contribution in [1.29, 1.82) is 0 Å². The van der Waals surface area contributed by atoms with Gasteiger partial charge in [-0.05, 0) is 24.6 Å². The number of rotatable bonds is 5. The molecule has 3 N–H and O–H groups in total. The fourth-order valence-electron chi connectivity index (χ4n) is 2.87. The van der Waals surface area contributed by atoms with Crippen molar-refractivity contribution in [2.45, 2.75) is 25.7 Å². The van der Waals surface area contributed by atoms with Gasteiger partial charge in [0.25, 0.3) is 0 Å². The van der Waals surface area contributed by atoms with Gasteiger partial charge in [-0.2, -0.15) is 0 Å². The van der Waals surface area contributed by atoms with E-state index in [1.54, 1.807) is 19.0 Å². The topological polar surface area (TPSA) is 61.6 Å². The predicted molar refractivity (Wildman–Crippen MR) is 84.4 cm³/mol. The van der Waals surface area contributed by atoms with Crippen molar-refractivity contribution in [2.24, 2.45) is 11.7 Å². The Bertz CT molecular complexity index is 472. The summed E-state index contributed by atoms with van der Waals surface area (Å²) in [6.45, 7) is 2.56. The first-order valence-corrected chi connectivity index (χ1v) is 7.46. The Labute approximate surface area is 127 Å². The van der Waals surface area contributed by atoms with Crippen LogP contribution in [-0.4, -0.2) is 49.6 Å². The summed E-state index contributed by atoms with van der Waals surface area (Å²) in [5.41, 5.74) is 8.77. The number of nitrogens with one attached hydrogen (secondary N) is 1. The molecule has 1 aliphatic rings. The maximum atomic E-state index is 12.1. The van der Waals surface area contributed by atoms with E-state index in [0.29, 0.717) is 0 Å². The first kappa shape index (κ1) is 15.9. The quantitative estimate of drug-likeness (QED) is 0.834. The third-order valence-corrected chi connectivity index (χ3v) is 4.11. The number of likely N-dealkylation sites (tertiary alicyclic amines) is 1. The highest BCUT2D eigenvalue weighted by atomic mass is 16.2. The molecule has 2 atom stereocenters. The van der Waals surface area contributed by atoms with E-state index in [9.17, 15) is 4.79 Å². The van der Waals surface area contributed by atoms with Crippen molar-refractivity contribution in [2.75, 3.05) is 27.7 Å². The summed E-state index contributed by atoms with van der Waals surface area (Å²) in [6, 6.07) is 8.55. The van der Waals surface area contributed by atoms with Crippen LogP contribution in [0.5, 0.6) is 0 Å². The van der Waals surface area contributed by atoms with Crippen molar-refractivity contribution in [1.82, 2.24) is 15.1 Å². The molecular formula is C16H26N4O. The summed E-state index contributed by atoms with van der Waals surface area (Å²) in [6.07, 6.45) is 0.660. The standard InChI is InChI=1S/C16H26N4O/c1-18-10-12-4-6-13(7-5-12)11-20-9-8-14(15(20)17)16(21)19(2)3/h4-7,14-15,18H,8-11,17H2,1-3H3. The molecule has 1 aromatic carbocycles. The molecule has 2 rings (SSSR count). The van der Waals surface area contributed by atoms with E-state index in [-0.39, 0.29) is 18.0 Å². The van der Waals surface area contributed by atoms with Gasteiger partial charge >= 0.3 is 0 Å².